The molecule has 2 aromatic rings. The van der Waals surface area contributed by atoms with Gasteiger partial charge in [0.05, 0.1) is 11.7 Å². The van der Waals surface area contributed by atoms with Crippen molar-refractivity contribution >= 4 is 23.0 Å². The zero-order chi connectivity index (χ0) is 13.8. The summed E-state index contributed by atoms with van der Waals surface area (Å²) in [6.45, 7) is 5.87. The highest BCUT2D eigenvalue weighted by Crippen LogP contribution is 2.20. The number of hydrogen-bond donors (Lipinski definition) is 2. The third kappa shape index (κ3) is 3.32. The monoisotopic (exact) mass is 275 g/mol. The molecule has 1 aromatic heterocycles. The normalized spacial score (nSPS) is 11.9. The van der Waals surface area contributed by atoms with Crippen LogP contribution in [0.25, 0.3) is 0 Å². The molecule has 0 radical (unpaired) electrons. The SMILES string of the molecule is Cc1noc(C)c1C(C)NC(=S)Nc1ccccc1. The predicted molar refractivity (Wildman–Crippen MR) is 80.2 cm³/mol. The number of hydrogen-bond acceptors (Lipinski definition) is 3. The summed E-state index contributed by atoms with van der Waals surface area (Å²) in [5.41, 5.74) is 2.91. The van der Waals surface area contributed by atoms with Crippen LogP contribution in [0.1, 0.15) is 30.0 Å². The molecule has 0 spiro atoms. The van der Waals surface area contributed by atoms with Crippen molar-refractivity contribution in [1.29, 1.82) is 0 Å². The zero-order valence-corrected chi connectivity index (χ0v) is 12.0. The number of thiocarbonyl (C=S) groups is 1. The van der Waals surface area contributed by atoms with Crippen LogP contribution in [0, 0.1) is 13.8 Å². The molecule has 2 rings (SSSR count). The van der Waals surface area contributed by atoms with Gasteiger partial charge in [-0.05, 0) is 45.1 Å². The second-order valence-corrected chi connectivity index (χ2v) is 4.83. The van der Waals surface area contributed by atoms with Crippen molar-refractivity contribution in [2.75, 3.05) is 5.32 Å². The summed E-state index contributed by atoms with van der Waals surface area (Å²) in [7, 11) is 0. The van der Waals surface area contributed by atoms with E-state index in [2.05, 4.69) is 15.8 Å². The summed E-state index contributed by atoms with van der Waals surface area (Å²) in [6.07, 6.45) is 0. The predicted octanol–water partition coefficient (Wildman–Crippen LogP) is 3.34. The molecule has 2 N–H and O–H groups in total. The second-order valence-electron chi connectivity index (χ2n) is 4.42. The average molecular weight is 275 g/mol. The van der Waals surface area contributed by atoms with Crippen LogP contribution in [0.2, 0.25) is 0 Å². The number of benzene rings is 1. The molecule has 1 heterocycles. The molecule has 0 saturated heterocycles. The maximum absolute atomic E-state index is 5.30. The molecule has 5 heteroatoms. The first-order chi connectivity index (χ1) is 9.08. The van der Waals surface area contributed by atoms with Crippen molar-refractivity contribution in [3.05, 3.63) is 47.3 Å². The molecule has 1 unspecified atom stereocenters. The van der Waals surface area contributed by atoms with Gasteiger partial charge < -0.3 is 15.2 Å². The van der Waals surface area contributed by atoms with E-state index >= 15 is 0 Å². The fraction of sp³-hybridized carbons (Fsp3) is 0.286. The summed E-state index contributed by atoms with van der Waals surface area (Å²) in [4.78, 5) is 0. The van der Waals surface area contributed by atoms with Gasteiger partial charge in [0, 0.05) is 11.3 Å². The van der Waals surface area contributed by atoms with Crippen LogP contribution in [-0.4, -0.2) is 10.3 Å². The number of aromatic nitrogens is 1. The molecule has 0 amide bonds. The highest BCUT2D eigenvalue weighted by atomic mass is 32.1. The fourth-order valence-corrected chi connectivity index (χ4v) is 2.36. The minimum Gasteiger partial charge on any atom is -0.361 e. The van der Waals surface area contributed by atoms with Crippen molar-refractivity contribution < 1.29 is 4.52 Å². The molecule has 0 aliphatic carbocycles. The number of para-hydroxylation sites is 1. The highest BCUT2D eigenvalue weighted by Gasteiger charge is 2.16. The number of nitrogens with zero attached hydrogens (tertiary/aromatic N) is 1. The van der Waals surface area contributed by atoms with Gasteiger partial charge in [0.25, 0.3) is 0 Å². The van der Waals surface area contributed by atoms with Crippen molar-refractivity contribution in [2.45, 2.75) is 26.8 Å². The molecule has 0 bridgehead atoms. The smallest absolute Gasteiger partial charge is 0.171 e. The van der Waals surface area contributed by atoms with E-state index in [4.69, 9.17) is 16.7 Å². The van der Waals surface area contributed by atoms with E-state index in [1.807, 2.05) is 51.1 Å². The van der Waals surface area contributed by atoms with Gasteiger partial charge in [-0.25, -0.2) is 0 Å². The lowest BCUT2D eigenvalue weighted by molar-refractivity contribution is 0.391. The number of aryl methyl sites for hydroxylation is 2. The van der Waals surface area contributed by atoms with E-state index in [0.29, 0.717) is 5.11 Å². The van der Waals surface area contributed by atoms with Gasteiger partial charge in [-0.1, -0.05) is 23.4 Å². The van der Waals surface area contributed by atoms with Crippen LogP contribution in [0.4, 0.5) is 5.69 Å². The first kappa shape index (κ1) is 13.5. The van der Waals surface area contributed by atoms with Gasteiger partial charge in [-0.15, -0.1) is 0 Å². The van der Waals surface area contributed by atoms with Crippen molar-refractivity contribution in [1.82, 2.24) is 10.5 Å². The molecule has 4 nitrogen and oxygen atoms in total. The lowest BCUT2D eigenvalue weighted by atomic mass is 10.1. The standard InChI is InChI=1S/C14H17N3OS/c1-9(13-10(2)17-18-11(13)3)15-14(19)16-12-7-5-4-6-8-12/h4-9H,1-3H3,(H2,15,16,19). The Morgan fingerprint density at radius 3 is 2.53 bits per heavy atom. The lowest BCUT2D eigenvalue weighted by Gasteiger charge is -2.16. The van der Waals surface area contributed by atoms with Crippen LogP contribution in [0.15, 0.2) is 34.9 Å². The van der Waals surface area contributed by atoms with E-state index in [1.165, 1.54) is 0 Å². The first-order valence-electron chi connectivity index (χ1n) is 6.13. The van der Waals surface area contributed by atoms with Gasteiger partial charge in [0.15, 0.2) is 5.11 Å². The zero-order valence-electron chi connectivity index (χ0n) is 11.2. The van der Waals surface area contributed by atoms with Crippen LogP contribution >= 0.6 is 12.2 Å². The van der Waals surface area contributed by atoms with E-state index in [-0.39, 0.29) is 6.04 Å². The van der Waals surface area contributed by atoms with Crippen LogP contribution in [-0.2, 0) is 0 Å². The van der Waals surface area contributed by atoms with E-state index in [9.17, 15) is 0 Å². The van der Waals surface area contributed by atoms with Gasteiger partial charge in [-0.2, -0.15) is 0 Å². The van der Waals surface area contributed by atoms with Crippen molar-refractivity contribution in [2.24, 2.45) is 0 Å². The Labute approximate surface area is 118 Å². The van der Waals surface area contributed by atoms with E-state index in [0.717, 1.165) is 22.7 Å². The van der Waals surface area contributed by atoms with Gasteiger partial charge in [0.2, 0.25) is 0 Å². The minimum absolute atomic E-state index is 0.0509. The highest BCUT2D eigenvalue weighted by molar-refractivity contribution is 7.80. The molecule has 0 aliphatic heterocycles. The quantitative estimate of drug-likeness (QED) is 0.841. The number of anilines is 1. The van der Waals surface area contributed by atoms with E-state index < -0.39 is 0 Å². The Morgan fingerprint density at radius 2 is 1.95 bits per heavy atom. The minimum atomic E-state index is 0.0509. The lowest BCUT2D eigenvalue weighted by Crippen LogP contribution is -2.31. The Balaban J connectivity index is 2.00. The van der Waals surface area contributed by atoms with E-state index in [1.54, 1.807) is 0 Å². The molecule has 0 saturated carbocycles. The molecule has 100 valence electrons. The Kier molecular flexibility index (Phi) is 4.16. The van der Waals surface area contributed by atoms with Crippen LogP contribution in [0.5, 0.6) is 0 Å². The molecular weight excluding hydrogens is 258 g/mol. The topological polar surface area (TPSA) is 50.1 Å². The number of rotatable bonds is 3. The maximum atomic E-state index is 5.30. The third-order valence-electron chi connectivity index (χ3n) is 2.90. The summed E-state index contributed by atoms with van der Waals surface area (Å²) in [5, 5.41) is 10.9. The van der Waals surface area contributed by atoms with Gasteiger partial charge in [0.1, 0.15) is 5.76 Å². The van der Waals surface area contributed by atoms with Crippen LogP contribution < -0.4 is 10.6 Å². The molecule has 1 atom stereocenters. The molecule has 1 aromatic carbocycles. The Bertz CT molecular complexity index is 546. The van der Waals surface area contributed by atoms with Gasteiger partial charge >= 0.3 is 0 Å². The first-order valence-corrected chi connectivity index (χ1v) is 6.54. The molecular formula is C14H17N3OS. The maximum Gasteiger partial charge on any atom is 0.171 e. The Morgan fingerprint density at radius 1 is 1.26 bits per heavy atom. The van der Waals surface area contributed by atoms with Crippen molar-refractivity contribution in [3.63, 3.8) is 0 Å². The molecule has 0 fully saturated rings. The van der Waals surface area contributed by atoms with Gasteiger partial charge in [-0.3, -0.25) is 0 Å². The largest absolute Gasteiger partial charge is 0.361 e. The summed E-state index contributed by atoms with van der Waals surface area (Å²) in [5.74, 6) is 0.819. The fourth-order valence-electron chi connectivity index (χ4n) is 2.07. The summed E-state index contributed by atoms with van der Waals surface area (Å²) in [6, 6.07) is 9.87. The second kappa shape index (κ2) is 5.84. The molecule has 0 aliphatic rings. The number of nitrogens with one attached hydrogen (secondary N) is 2. The van der Waals surface area contributed by atoms with Crippen LogP contribution in [0.3, 0.4) is 0 Å². The molecule has 19 heavy (non-hydrogen) atoms. The summed E-state index contributed by atoms with van der Waals surface area (Å²) < 4.78 is 5.16. The average Bonchev–Trinajstić information content (AvgIpc) is 2.70. The van der Waals surface area contributed by atoms with Crippen molar-refractivity contribution in [3.8, 4) is 0 Å². The third-order valence-corrected chi connectivity index (χ3v) is 3.12. The Hall–Kier alpha value is -1.88. The summed E-state index contributed by atoms with van der Waals surface area (Å²) >= 11 is 5.30.